The number of aromatic nitrogens is 3. The molecular formula is C55H35N3S. The van der Waals surface area contributed by atoms with E-state index in [0.717, 1.165) is 44.9 Å². The number of rotatable bonds is 7. The third-order valence-electron chi connectivity index (χ3n) is 11.1. The van der Waals surface area contributed by atoms with Gasteiger partial charge in [0.1, 0.15) is 0 Å². The standard InChI is InChI=1S/C55H35N3S/c1-4-14-36(15-5-1)38-26-28-40(29-27-38)49-35-48(39-18-8-3-9-19-39)57-55(58-49)42-32-30-41(31-33-42)53-54-52(46-22-10-11-25-50(46)59-54)51-45(23-13-24-47(51)56-53)44-21-12-20-43(34-44)37-16-6-2-7-17-37/h1-35H. The van der Waals surface area contributed by atoms with E-state index in [9.17, 15) is 0 Å². The van der Waals surface area contributed by atoms with Crippen LogP contribution in [0.15, 0.2) is 212 Å². The Kier molecular flexibility index (Phi) is 8.68. The molecule has 3 heterocycles. The van der Waals surface area contributed by atoms with Crippen LogP contribution in [0.3, 0.4) is 0 Å². The van der Waals surface area contributed by atoms with Gasteiger partial charge < -0.3 is 0 Å². The molecule has 59 heavy (non-hydrogen) atoms. The molecule has 0 radical (unpaired) electrons. The Hall–Kier alpha value is -7.53. The minimum atomic E-state index is 0.681. The van der Waals surface area contributed by atoms with Crippen LogP contribution in [-0.2, 0) is 0 Å². The Labute approximate surface area is 346 Å². The summed E-state index contributed by atoms with van der Waals surface area (Å²) in [5.74, 6) is 0.681. The van der Waals surface area contributed by atoms with Gasteiger partial charge in [-0.05, 0) is 57.6 Å². The van der Waals surface area contributed by atoms with E-state index in [0.29, 0.717) is 5.82 Å². The fourth-order valence-electron chi connectivity index (χ4n) is 8.18. The minimum absolute atomic E-state index is 0.681. The van der Waals surface area contributed by atoms with Gasteiger partial charge in [-0.1, -0.05) is 188 Å². The van der Waals surface area contributed by atoms with Crippen molar-refractivity contribution < 1.29 is 0 Å². The van der Waals surface area contributed by atoms with Gasteiger partial charge in [0.05, 0.1) is 27.3 Å². The molecule has 0 saturated carbocycles. The lowest BCUT2D eigenvalue weighted by atomic mass is 9.93. The van der Waals surface area contributed by atoms with Gasteiger partial charge in [0.2, 0.25) is 0 Å². The molecular weight excluding hydrogens is 735 g/mol. The van der Waals surface area contributed by atoms with E-state index in [1.165, 1.54) is 58.9 Å². The maximum atomic E-state index is 5.45. The first-order valence-electron chi connectivity index (χ1n) is 19.8. The van der Waals surface area contributed by atoms with Crippen molar-refractivity contribution in [1.82, 2.24) is 15.0 Å². The second kappa shape index (κ2) is 14.8. The zero-order valence-corrected chi connectivity index (χ0v) is 32.8. The molecule has 0 bridgehead atoms. The fourth-order valence-corrected chi connectivity index (χ4v) is 9.40. The highest BCUT2D eigenvalue weighted by Crippen LogP contribution is 2.46. The molecule has 0 spiro atoms. The van der Waals surface area contributed by atoms with Crippen LogP contribution in [-0.4, -0.2) is 15.0 Å². The number of hydrogen-bond acceptors (Lipinski definition) is 4. The van der Waals surface area contributed by atoms with Gasteiger partial charge in [-0.15, -0.1) is 11.3 Å². The average Bonchev–Trinajstić information content (AvgIpc) is 3.72. The normalized spacial score (nSPS) is 11.4. The molecule has 0 unspecified atom stereocenters. The van der Waals surface area contributed by atoms with Gasteiger partial charge in [-0.3, -0.25) is 0 Å². The number of benzene rings is 8. The first-order chi connectivity index (χ1) is 29.2. The molecule has 0 saturated heterocycles. The summed E-state index contributed by atoms with van der Waals surface area (Å²) in [6, 6.07) is 74.9. The van der Waals surface area contributed by atoms with Crippen LogP contribution in [0.25, 0.3) is 110 Å². The largest absolute Gasteiger partial charge is 0.246 e. The van der Waals surface area contributed by atoms with Crippen molar-refractivity contribution in [3.8, 4) is 78.5 Å². The number of nitrogens with zero attached hydrogens (tertiary/aromatic N) is 3. The van der Waals surface area contributed by atoms with Gasteiger partial charge in [0, 0.05) is 43.1 Å². The molecule has 0 aliphatic rings. The summed E-state index contributed by atoms with van der Waals surface area (Å²) in [5, 5.41) is 3.68. The van der Waals surface area contributed by atoms with Crippen molar-refractivity contribution in [2.45, 2.75) is 0 Å². The van der Waals surface area contributed by atoms with E-state index in [-0.39, 0.29) is 0 Å². The molecule has 0 N–H and O–H groups in total. The predicted octanol–water partition coefficient (Wildman–Crippen LogP) is 15.1. The molecule has 4 heteroatoms. The Balaban J connectivity index is 1.03. The fraction of sp³-hybridized carbons (Fsp3) is 0. The molecule has 0 amide bonds. The molecule has 0 atom stereocenters. The van der Waals surface area contributed by atoms with E-state index in [1.54, 1.807) is 0 Å². The summed E-state index contributed by atoms with van der Waals surface area (Å²) < 4.78 is 2.43. The summed E-state index contributed by atoms with van der Waals surface area (Å²) in [4.78, 5) is 15.7. The summed E-state index contributed by atoms with van der Waals surface area (Å²) in [6.45, 7) is 0. The highest BCUT2D eigenvalue weighted by molar-refractivity contribution is 7.26. The monoisotopic (exact) mass is 769 g/mol. The summed E-state index contributed by atoms with van der Waals surface area (Å²) in [7, 11) is 0. The third kappa shape index (κ3) is 6.46. The summed E-state index contributed by atoms with van der Waals surface area (Å²) in [5.41, 5.74) is 14.9. The van der Waals surface area contributed by atoms with E-state index < -0.39 is 0 Å². The van der Waals surface area contributed by atoms with Crippen LogP contribution in [0.5, 0.6) is 0 Å². The number of hydrogen-bond donors (Lipinski definition) is 0. The van der Waals surface area contributed by atoms with Crippen LogP contribution < -0.4 is 0 Å². The smallest absolute Gasteiger partial charge is 0.160 e. The van der Waals surface area contributed by atoms with Gasteiger partial charge >= 0.3 is 0 Å². The highest BCUT2D eigenvalue weighted by atomic mass is 32.1. The number of thiophene rings is 1. The molecule has 11 rings (SSSR count). The first kappa shape index (κ1) is 34.7. The van der Waals surface area contributed by atoms with Crippen molar-refractivity contribution in [1.29, 1.82) is 0 Å². The maximum Gasteiger partial charge on any atom is 0.160 e. The SMILES string of the molecule is c1ccc(-c2ccc(-c3cc(-c4ccccc4)nc(-c4ccc(-c5nc6cccc(-c7cccc(-c8ccccc8)c7)c6c6c5sc5ccccc56)cc4)n3)cc2)cc1. The van der Waals surface area contributed by atoms with Crippen LogP contribution in [0.1, 0.15) is 0 Å². The lowest BCUT2D eigenvalue weighted by Gasteiger charge is -2.13. The number of pyridine rings is 1. The summed E-state index contributed by atoms with van der Waals surface area (Å²) >= 11 is 1.81. The first-order valence-corrected chi connectivity index (χ1v) is 20.7. The Morgan fingerprint density at radius 3 is 1.54 bits per heavy atom. The number of fused-ring (bicyclic) bond motifs is 5. The van der Waals surface area contributed by atoms with E-state index in [4.69, 9.17) is 15.0 Å². The van der Waals surface area contributed by atoms with Crippen molar-refractivity contribution >= 4 is 42.4 Å². The summed E-state index contributed by atoms with van der Waals surface area (Å²) in [6.07, 6.45) is 0. The van der Waals surface area contributed by atoms with Gasteiger partial charge in [-0.25, -0.2) is 15.0 Å². The third-order valence-corrected chi connectivity index (χ3v) is 12.3. The molecule has 3 aromatic heterocycles. The second-order valence-corrected chi connectivity index (χ2v) is 15.8. The highest BCUT2D eigenvalue weighted by Gasteiger charge is 2.20. The zero-order valence-electron chi connectivity index (χ0n) is 32.0. The van der Waals surface area contributed by atoms with Crippen LogP contribution in [0.4, 0.5) is 0 Å². The molecule has 276 valence electrons. The molecule has 0 aliphatic carbocycles. The Morgan fingerprint density at radius 2 is 0.831 bits per heavy atom. The van der Waals surface area contributed by atoms with Crippen LogP contribution >= 0.6 is 11.3 Å². The van der Waals surface area contributed by atoms with Crippen molar-refractivity contribution in [3.63, 3.8) is 0 Å². The molecule has 3 nitrogen and oxygen atoms in total. The predicted molar refractivity (Wildman–Crippen MR) is 248 cm³/mol. The van der Waals surface area contributed by atoms with Gasteiger partial charge in [-0.2, -0.15) is 0 Å². The lowest BCUT2D eigenvalue weighted by molar-refractivity contribution is 1.18. The van der Waals surface area contributed by atoms with E-state index >= 15 is 0 Å². The van der Waals surface area contributed by atoms with E-state index in [1.807, 2.05) is 23.5 Å². The minimum Gasteiger partial charge on any atom is -0.246 e. The molecule has 8 aromatic carbocycles. The lowest BCUT2D eigenvalue weighted by Crippen LogP contribution is -1.96. The van der Waals surface area contributed by atoms with Crippen molar-refractivity contribution in [2.24, 2.45) is 0 Å². The maximum absolute atomic E-state index is 5.45. The molecule has 11 aromatic rings. The van der Waals surface area contributed by atoms with Gasteiger partial charge in [0.25, 0.3) is 0 Å². The molecule has 0 fully saturated rings. The average molecular weight is 770 g/mol. The van der Waals surface area contributed by atoms with E-state index in [2.05, 4.69) is 200 Å². The second-order valence-electron chi connectivity index (χ2n) is 14.8. The van der Waals surface area contributed by atoms with Crippen LogP contribution in [0, 0.1) is 0 Å². The topological polar surface area (TPSA) is 38.7 Å². The molecule has 0 aliphatic heterocycles. The Morgan fingerprint density at radius 1 is 0.322 bits per heavy atom. The van der Waals surface area contributed by atoms with Gasteiger partial charge in [0.15, 0.2) is 5.82 Å². The zero-order chi connectivity index (χ0) is 39.1. The van der Waals surface area contributed by atoms with Crippen molar-refractivity contribution in [2.75, 3.05) is 0 Å². The Bertz CT molecular complexity index is 3280. The quantitative estimate of drug-likeness (QED) is 0.162. The van der Waals surface area contributed by atoms with Crippen molar-refractivity contribution in [3.05, 3.63) is 212 Å². The van der Waals surface area contributed by atoms with Crippen LogP contribution in [0.2, 0.25) is 0 Å².